The van der Waals surface area contributed by atoms with E-state index in [0.29, 0.717) is 36.9 Å². The van der Waals surface area contributed by atoms with Gasteiger partial charge in [0.25, 0.3) is 0 Å². The number of hydrogen-bond donors (Lipinski definition) is 0. The van der Waals surface area contributed by atoms with Crippen molar-refractivity contribution in [1.82, 2.24) is 9.96 Å². The first-order valence-corrected chi connectivity index (χ1v) is 7.84. The fourth-order valence-corrected chi connectivity index (χ4v) is 2.90. The van der Waals surface area contributed by atoms with Gasteiger partial charge in [-0.3, -0.25) is 4.90 Å². The highest BCUT2D eigenvalue weighted by Crippen LogP contribution is 2.24. The van der Waals surface area contributed by atoms with Crippen molar-refractivity contribution in [3.05, 3.63) is 29.3 Å². The molecule has 0 N–H and O–H groups in total. The smallest absolute Gasteiger partial charge is 0.317 e. The monoisotopic (exact) mass is 323 g/mol. The summed E-state index contributed by atoms with van der Waals surface area (Å²) in [6.07, 6.45) is 2.66. The van der Waals surface area contributed by atoms with E-state index in [2.05, 4.69) is 0 Å². The minimum Gasteiger partial charge on any atom is -0.317 e. The molecule has 2 heterocycles. The van der Waals surface area contributed by atoms with Crippen LogP contribution in [0.25, 0.3) is 0 Å². The fourth-order valence-electron chi connectivity index (χ4n) is 2.71. The molecule has 0 radical (unpaired) electrons. The van der Waals surface area contributed by atoms with Crippen LogP contribution in [0.2, 0.25) is 5.02 Å². The first-order valence-electron chi connectivity index (χ1n) is 7.46. The number of anilines is 1. The third-order valence-corrected chi connectivity index (χ3v) is 4.13. The van der Waals surface area contributed by atoms with E-state index in [0.717, 1.165) is 24.3 Å². The van der Waals surface area contributed by atoms with Gasteiger partial charge in [0.2, 0.25) is 0 Å². The standard InChI is InChI=1S/C15H18ClN3O3/c16-12-5-4-6-13(11-12)18-9-10-19(14(18)20)22-15(21)17-7-2-1-3-8-17/h4-6,11H,1-3,7-10H2. The largest absolute Gasteiger partial charge is 0.434 e. The third-order valence-electron chi connectivity index (χ3n) is 3.89. The molecule has 6 nitrogen and oxygen atoms in total. The number of hydrogen-bond acceptors (Lipinski definition) is 3. The molecule has 1 aromatic carbocycles. The average molecular weight is 324 g/mol. The Balaban J connectivity index is 1.62. The second kappa shape index (κ2) is 6.44. The van der Waals surface area contributed by atoms with Crippen LogP contribution >= 0.6 is 11.6 Å². The molecule has 2 saturated heterocycles. The van der Waals surface area contributed by atoms with Crippen LogP contribution in [0.3, 0.4) is 0 Å². The molecule has 22 heavy (non-hydrogen) atoms. The summed E-state index contributed by atoms with van der Waals surface area (Å²) in [7, 11) is 0. The maximum Gasteiger partial charge on any atom is 0.434 e. The Morgan fingerprint density at radius 3 is 2.59 bits per heavy atom. The van der Waals surface area contributed by atoms with E-state index in [1.807, 2.05) is 0 Å². The summed E-state index contributed by atoms with van der Waals surface area (Å²) in [5, 5.41) is 1.69. The topological polar surface area (TPSA) is 53.1 Å². The molecule has 2 aliphatic rings. The lowest BCUT2D eigenvalue weighted by molar-refractivity contribution is -0.0605. The van der Waals surface area contributed by atoms with Gasteiger partial charge in [-0.1, -0.05) is 17.7 Å². The lowest BCUT2D eigenvalue weighted by Crippen LogP contribution is -2.41. The highest BCUT2D eigenvalue weighted by Gasteiger charge is 2.34. The van der Waals surface area contributed by atoms with Crippen molar-refractivity contribution in [2.24, 2.45) is 0 Å². The van der Waals surface area contributed by atoms with E-state index >= 15 is 0 Å². The normalized spacial score (nSPS) is 18.8. The van der Waals surface area contributed by atoms with Crippen LogP contribution in [0.4, 0.5) is 15.3 Å². The van der Waals surface area contributed by atoms with Crippen molar-refractivity contribution in [1.29, 1.82) is 0 Å². The Kier molecular flexibility index (Phi) is 4.38. The summed E-state index contributed by atoms with van der Waals surface area (Å²) in [5.41, 5.74) is 0.703. The third kappa shape index (κ3) is 3.11. The highest BCUT2D eigenvalue weighted by atomic mass is 35.5. The molecule has 0 atom stereocenters. The van der Waals surface area contributed by atoms with Gasteiger partial charge in [-0.25, -0.2) is 9.59 Å². The maximum atomic E-state index is 12.3. The summed E-state index contributed by atoms with van der Waals surface area (Å²) in [6, 6.07) is 6.72. The van der Waals surface area contributed by atoms with Crippen molar-refractivity contribution in [3.8, 4) is 0 Å². The van der Waals surface area contributed by atoms with Crippen LogP contribution in [0.5, 0.6) is 0 Å². The van der Waals surface area contributed by atoms with Crippen LogP contribution in [-0.4, -0.2) is 48.3 Å². The van der Waals surface area contributed by atoms with E-state index in [-0.39, 0.29) is 6.03 Å². The molecule has 7 heteroatoms. The predicted molar refractivity (Wildman–Crippen MR) is 82.8 cm³/mol. The number of hydroxylamine groups is 2. The van der Waals surface area contributed by atoms with Gasteiger partial charge in [-0.05, 0) is 37.5 Å². The molecular formula is C15H18ClN3O3. The molecule has 0 unspecified atom stereocenters. The molecule has 0 bridgehead atoms. The van der Waals surface area contributed by atoms with E-state index in [9.17, 15) is 9.59 Å². The summed E-state index contributed by atoms with van der Waals surface area (Å²) < 4.78 is 0. The number of carbonyl (C=O) groups excluding carboxylic acids is 2. The van der Waals surface area contributed by atoms with Crippen LogP contribution < -0.4 is 4.90 Å². The van der Waals surface area contributed by atoms with E-state index in [4.69, 9.17) is 16.4 Å². The second-order valence-electron chi connectivity index (χ2n) is 5.42. The number of halogens is 1. The van der Waals surface area contributed by atoms with Gasteiger partial charge >= 0.3 is 12.1 Å². The van der Waals surface area contributed by atoms with Gasteiger partial charge < -0.3 is 9.74 Å². The fraction of sp³-hybridized carbons (Fsp3) is 0.467. The molecule has 0 aromatic heterocycles. The van der Waals surface area contributed by atoms with Crippen molar-refractivity contribution in [3.63, 3.8) is 0 Å². The van der Waals surface area contributed by atoms with Gasteiger partial charge in [-0.2, -0.15) is 0 Å². The summed E-state index contributed by atoms with van der Waals surface area (Å²) in [5.74, 6) is 0. The maximum absolute atomic E-state index is 12.3. The van der Waals surface area contributed by atoms with Crippen LogP contribution in [0.15, 0.2) is 24.3 Å². The first kappa shape index (κ1) is 15.0. The zero-order valence-electron chi connectivity index (χ0n) is 12.2. The number of carbonyl (C=O) groups is 2. The van der Waals surface area contributed by atoms with Crippen LogP contribution in [0.1, 0.15) is 19.3 Å². The zero-order valence-corrected chi connectivity index (χ0v) is 13.0. The minimum absolute atomic E-state index is 0.340. The SMILES string of the molecule is O=C(ON1CCN(c2cccc(Cl)c2)C1=O)N1CCCCC1. The molecule has 118 valence electrons. The summed E-state index contributed by atoms with van der Waals surface area (Å²) in [6.45, 7) is 2.20. The molecular weight excluding hydrogens is 306 g/mol. The predicted octanol–water partition coefficient (Wildman–Crippen LogP) is 3.12. The number of amides is 3. The van der Waals surface area contributed by atoms with Gasteiger partial charge in [-0.15, -0.1) is 5.06 Å². The van der Waals surface area contributed by atoms with E-state index in [1.54, 1.807) is 34.1 Å². The van der Waals surface area contributed by atoms with Crippen LogP contribution in [-0.2, 0) is 4.84 Å². The number of likely N-dealkylation sites (tertiary alicyclic amines) is 1. The molecule has 3 amide bonds. The Bertz CT molecular complexity index is 575. The molecule has 0 aliphatic carbocycles. The zero-order chi connectivity index (χ0) is 15.5. The Hall–Kier alpha value is -1.95. The van der Waals surface area contributed by atoms with Crippen molar-refractivity contribution < 1.29 is 14.4 Å². The Morgan fingerprint density at radius 1 is 1.09 bits per heavy atom. The Labute approximate surface area is 134 Å². The lowest BCUT2D eigenvalue weighted by atomic mass is 10.1. The number of piperidine rings is 1. The van der Waals surface area contributed by atoms with Crippen molar-refractivity contribution in [2.45, 2.75) is 19.3 Å². The van der Waals surface area contributed by atoms with Gasteiger partial charge in [0.1, 0.15) is 0 Å². The van der Waals surface area contributed by atoms with Crippen molar-refractivity contribution >= 4 is 29.4 Å². The summed E-state index contributed by atoms with van der Waals surface area (Å²) in [4.78, 5) is 32.9. The molecule has 1 aromatic rings. The number of rotatable bonds is 2. The summed E-state index contributed by atoms with van der Waals surface area (Å²) >= 11 is 5.95. The number of benzene rings is 1. The quantitative estimate of drug-likeness (QED) is 0.840. The van der Waals surface area contributed by atoms with Gasteiger partial charge in [0.05, 0.1) is 6.54 Å². The molecule has 0 saturated carbocycles. The molecule has 2 aliphatic heterocycles. The first-order chi connectivity index (χ1) is 10.6. The van der Waals surface area contributed by atoms with Crippen LogP contribution in [0, 0.1) is 0 Å². The Morgan fingerprint density at radius 2 is 1.86 bits per heavy atom. The highest BCUT2D eigenvalue weighted by molar-refractivity contribution is 6.30. The number of urea groups is 1. The lowest BCUT2D eigenvalue weighted by Gasteiger charge is -2.27. The minimum atomic E-state index is -0.444. The number of nitrogens with zero attached hydrogens (tertiary/aromatic N) is 3. The second-order valence-corrected chi connectivity index (χ2v) is 5.86. The molecule has 0 spiro atoms. The average Bonchev–Trinajstić information content (AvgIpc) is 2.89. The van der Waals surface area contributed by atoms with E-state index in [1.165, 1.54) is 0 Å². The molecule has 3 rings (SSSR count). The van der Waals surface area contributed by atoms with Gasteiger partial charge in [0.15, 0.2) is 0 Å². The van der Waals surface area contributed by atoms with Crippen molar-refractivity contribution in [2.75, 3.05) is 31.1 Å². The molecule has 2 fully saturated rings. The van der Waals surface area contributed by atoms with Gasteiger partial charge in [0, 0.05) is 30.3 Å². The van der Waals surface area contributed by atoms with E-state index < -0.39 is 6.09 Å².